The minimum Gasteiger partial charge on any atom is -0.324 e. The van der Waals surface area contributed by atoms with Crippen molar-refractivity contribution in [2.24, 2.45) is 15.9 Å². The Kier molecular flexibility index (Phi) is 8.88. The van der Waals surface area contributed by atoms with E-state index in [0.717, 1.165) is 30.1 Å². The van der Waals surface area contributed by atoms with Crippen LogP contribution in [0.3, 0.4) is 0 Å². The fraction of sp³-hybridized carbons (Fsp3) is 0.526. The average molecular weight is 314 g/mol. The third-order valence-corrected chi connectivity index (χ3v) is 3.82. The molecular weight excluding hydrogens is 284 g/mol. The van der Waals surface area contributed by atoms with E-state index in [0.29, 0.717) is 11.8 Å². The van der Waals surface area contributed by atoms with Crippen LogP contribution in [-0.4, -0.2) is 30.2 Å². The van der Waals surface area contributed by atoms with E-state index in [4.69, 9.17) is 4.99 Å². The third kappa shape index (κ3) is 6.76. The second-order valence-electron chi connectivity index (χ2n) is 5.80. The van der Waals surface area contributed by atoms with Crippen molar-refractivity contribution in [3.8, 4) is 0 Å². The standard InChI is InChI=1S/C19H30N4/c1-6-8-11-16(7-2)14-22-18(15(3)4)23-19(20-5)17-12-9-10-13-21-17/h9-10,12-13,16H,3,6-8,11,14H2,1-2,4-5H3,(H,20,22,23). The Bertz CT molecular complexity index is 532. The van der Waals surface area contributed by atoms with Gasteiger partial charge in [0, 0.05) is 19.8 Å². The Balaban J connectivity index is 2.81. The highest BCUT2D eigenvalue weighted by molar-refractivity contribution is 6.13. The van der Waals surface area contributed by atoms with E-state index >= 15 is 0 Å². The number of rotatable bonds is 8. The molecule has 0 aliphatic carbocycles. The summed E-state index contributed by atoms with van der Waals surface area (Å²) in [6, 6.07) is 5.77. The molecule has 4 heteroatoms. The van der Waals surface area contributed by atoms with E-state index in [1.165, 1.54) is 19.3 Å². The van der Waals surface area contributed by atoms with Gasteiger partial charge in [-0.1, -0.05) is 45.8 Å². The highest BCUT2D eigenvalue weighted by atomic mass is 15.1. The van der Waals surface area contributed by atoms with E-state index in [1.54, 1.807) is 13.2 Å². The molecule has 1 aromatic rings. The number of aromatic nitrogens is 1. The highest BCUT2D eigenvalue weighted by Gasteiger charge is 2.10. The van der Waals surface area contributed by atoms with E-state index in [-0.39, 0.29) is 0 Å². The molecule has 0 saturated heterocycles. The van der Waals surface area contributed by atoms with Crippen LogP contribution in [0.25, 0.3) is 0 Å². The normalized spacial score (nSPS) is 13.7. The third-order valence-electron chi connectivity index (χ3n) is 3.82. The molecule has 0 radical (unpaired) electrons. The maximum absolute atomic E-state index is 4.76. The van der Waals surface area contributed by atoms with Crippen molar-refractivity contribution in [2.45, 2.75) is 46.5 Å². The predicted octanol–water partition coefficient (Wildman–Crippen LogP) is 4.24. The second-order valence-corrected chi connectivity index (χ2v) is 5.80. The number of hydrogen-bond acceptors (Lipinski definition) is 3. The first-order valence-electron chi connectivity index (χ1n) is 8.47. The number of pyridine rings is 1. The molecule has 1 N–H and O–H groups in total. The van der Waals surface area contributed by atoms with Crippen LogP contribution in [-0.2, 0) is 0 Å². The van der Waals surface area contributed by atoms with E-state index in [2.05, 4.69) is 35.7 Å². The van der Waals surface area contributed by atoms with Crippen molar-refractivity contribution in [3.05, 3.63) is 42.2 Å². The summed E-state index contributed by atoms with van der Waals surface area (Å²) in [7, 11) is 1.75. The van der Waals surface area contributed by atoms with Crippen molar-refractivity contribution >= 4 is 11.7 Å². The molecule has 0 bridgehead atoms. The maximum atomic E-state index is 4.76. The van der Waals surface area contributed by atoms with Crippen LogP contribution < -0.4 is 5.32 Å². The first-order valence-corrected chi connectivity index (χ1v) is 8.47. The van der Waals surface area contributed by atoms with E-state index in [1.807, 2.05) is 25.1 Å². The van der Waals surface area contributed by atoms with Gasteiger partial charge in [0.15, 0.2) is 5.84 Å². The Morgan fingerprint density at radius 3 is 2.65 bits per heavy atom. The molecule has 126 valence electrons. The lowest BCUT2D eigenvalue weighted by molar-refractivity contribution is 0.462. The van der Waals surface area contributed by atoms with Crippen molar-refractivity contribution < 1.29 is 0 Å². The summed E-state index contributed by atoms with van der Waals surface area (Å²) in [5, 5.41) is 3.29. The van der Waals surface area contributed by atoms with Gasteiger partial charge in [-0.2, -0.15) is 0 Å². The number of nitrogens with one attached hydrogen (secondary N) is 1. The van der Waals surface area contributed by atoms with Crippen LogP contribution in [0.4, 0.5) is 0 Å². The smallest absolute Gasteiger partial charge is 0.152 e. The molecule has 4 nitrogen and oxygen atoms in total. The fourth-order valence-electron chi connectivity index (χ4n) is 2.27. The van der Waals surface area contributed by atoms with Gasteiger partial charge in [-0.05, 0) is 37.0 Å². The Morgan fingerprint density at radius 1 is 1.35 bits per heavy atom. The summed E-state index contributed by atoms with van der Waals surface area (Å²) in [4.78, 5) is 13.4. The number of nitrogens with zero attached hydrogens (tertiary/aromatic N) is 3. The Morgan fingerprint density at radius 2 is 2.13 bits per heavy atom. The van der Waals surface area contributed by atoms with Gasteiger partial charge in [-0.15, -0.1) is 0 Å². The van der Waals surface area contributed by atoms with Crippen molar-refractivity contribution in [1.82, 2.24) is 10.3 Å². The summed E-state index contributed by atoms with van der Waals surface area (Å²) < 4.78 is 0. The lowest BCUT2D eigenvalue weighted by atomic mass is 10.00. The van der Waals surface area contributed by atoms with Crippen molar-refractivity contribution in [1.29, 1.82) is 0 Å². The van der Waals surface area contributed by atoms with Gasteiger partial charge in [-0.3, -0.25) is 15.0 Å². The molecule has 1 heterocycles. The molecule has 0 aliphatic rings. The van der Waals surface area contributed by atoms with E-state index < -0.39 is 0 Å². The zero-order chi connectivity index (χ0) is 17.1. The van der Waals surface area contributed by atoms with Crippen LogP contribution in [0.1, 0.15) is 52.1 Å². The molecule has 0 aliphatic heterocycles. The molecule has 23 heavy (non-hydrogen) atoms. The van der Waals surface area contributed by atoms with Crippen LogP contribution in [0.2, 0.25) is 0 Å². The summed E-state index contributed by atoms with van der Waals surface area (Å²) >= 11 is 0. The SMILES string of the molecule is C=C(C)C(=NCC(CC)CCCC)NC(=NC)c1ccccn1. The summed E-state index contributed by atoms with van der Waals surface area (Å²) in [5.41, 5.74) is 1.72. The molecular formula is C19H30N4. The Labute approximate surface area is 140 Å². The minimum absolute atomic E-state index is 0.628. The molecule has 1 unspecified atom stereocenters. The fourth-order valence-corrected chi connectivity index (χ4v) is 2.27. The van der Waals surface area contributed by atoms with Gasteiger partial charge in [0.1, 0.15) is 11.5 Å². The van der Waals surface area contributed by atoms with Crippen LogP contribution >= 0.6 is 0 Å². The number of aliphatic imine (C=N–C) groups is 2. The number of unbranched alkanes of at least 4 members (excludes halogenated alkanes) is 1. The average Bonchev–Trinajstić information content (AvgIpc) is 2.58. The first-order chi connectivity index (χ1) is 11.1. The summed E-state index contributed by atoms with van der Waals surface area (Å²) in [5.74, 6) is 2.14. The Hall–Kier alpha value is -1.97. The molecule has 1 aromatic heterocycles. The van der Waals surface area contributed by atoms with E-state index in [9.17, 15) is 0 Å². The van der Waals surface area contributed by atoms with Crippen LogP contribution in [0, 0.1) is 5.92 Å². The molecule has 1 atom stereocenters. The zero-order valence-corrected chi connectivity index (χ0v) is 15.0. The first kappa shape index (κ1) is 19.1. The number of hydrogen-bond donors (Lipinski definition) is 1. The van der Waals surface area contributed by atoms with Gasteiger partial charge in [0.05, 0.1) is 0 Å². The quantitative estimate of drug-likeness (QED) is 0.576. The van der Waals surface area contributed by atoms with Gasteiger partial charge < -0.3 is 5.32 Å². The molecule has 0 aromatic carbocycles. The summed E-state index contributed by atoms with van der Waals surface area (Å²) in [6.07, 6.45) is 6.64. The molecule has 0 spiro atoms. The largest absolute Gasteiger partial charge is 0.324 e. The van der Waals surface area contributed by atoms with Crippen LogP contribution in [0.15, 0.2) is 46.5 Å². The lowest BCUT2D eigenvalue weighted by Gasteiger charge is -2.15. The van der Waals surface area contributed by atoms with Crippen LogP contribution in [0.5, 0.6) is 0 Å². The highest BCUT2D eigenvalue weighted by Crippen LogP contribution is 2.13. The van der Waals surface area contributed by atoms with Gasteiger partial charge in [0.2, 0.25) is 0 Å². The van der Waals surface area contributed by atoms with Crippen molar-refractivity contribution in [2.75, 3.05) is 13.6 Å². The van der Waals surface area contributed by atoms with Gasteiger partial charge in [-0.25, -0.2) is 0 Å². The maximum Gasteiger partial charge on any atom is 0.152 e. The predicted molar refractivity (Wildman–Crippen MR) is 100 cm³/mol. The number of amidine groups is 2. The second kappa shape index (κ2) is 10.7. The molecule has 1 rings (SSSR count). The van der Waals surface area contributed by atoms with Gasteiger partial charge in [0.25, 0.3) is 0 Å². The monoisotopic (exact) mass is 314 g/mol. The molecule has 0 saturated carbocycles. The molecule has 0 amide bonds. The minimum atomic E-state index is 0.628. The zero-order valence-electron chi connectivity index (χ0n) is 15.0. The lowest BCUT2D eigenvalue weighted by Crippen LogP contribution is -2.33. The topological polar surface area (TPSA) is 49.6 Å². The van der Waals surface area contributed by atoms with Gasteiger partial charge >= 0.3 is 0 Å². The molecule has 0 fully saturated rings. The summed E-state index contributed by atoms with van der Waals surface area (Å²) in [6.45, 7) is 11.3. The van der Waals surface area contributed by atoms with Crippen molar-refractivity contribution in [3.63, 3.8) is 0 Å².